The fraction of sp³-hybridized carbons (Fsp3) is 0.429. The van der Waals surface area contributed by atoms with Gasteiger partial charge in [0.25, 0.3) is 0 Å². The quantitative estimate of drug-likeness (QED) is 0.637. The van der Waals surface area contributed by atoms with Crippen molar-refractivity contribution >= 4 is 23.2 Å². The van der Waals surface area contributed by atoms with Crippen LogP contribution < -0.4 is 4.74 Å². The molecule has 25 heavy (non-hydrogen) atoms. The molecular weight excluding hydrogens is 353 g/mol. The van der Waals surface area contributed by atoms with Gasteiger partial charge in [0.2, 0.25) is 0 Å². The van der Waals surface area contributed by atoms with Gasteiger partial charge in [-0.3, -0.25) is 4.90 Å². The molecule has 2 saturated heterocycles. The highest BCUT2D eigenvalue weighted by molar-refractivity contribution is 6.42. The molecule has 4 rings (SSSR count). The van der Waals surface area contributed by atoms with Gasteiger partial charge in [-0.1, -0.05) is 53.5 Å². The van der Waals surface area contributed by atoms with E-state index in [0.29, 0.717) is 28.2 Å². The summed E-state index contributed by atoms with van der Waals surface area (Å²) >= 11 is 12.1. The van der Waals surface area contributed by atoms with Gasteiger partial charge < -0.3 is 4.74 Å². The molecule has 2 aromatic carbocycles. The number of halogens is 2. The summed E-state index contributed by atoms with van der Waals surface area (Å²) < 4.78 is 6.24. The van der Waals surface area contributed by atoms with Crippen molar-refractivity contribution < 1.29 is 4.74 Å². The van der Waals surface area contributed by atoms with Crippen LogP contribution in [-0.4, -0.2) is 23.1 Å². The highest BCUT2D eigenvalue weighted by Gasteiger charge is 2.43. The molecule has 4 heteroatoms. The first-order chi connectivity index (χ1) is 12.1. The summed E-state index contributed by atoms with van der Waals surface area (Å²) in [4.78, 5) is 2.71. The normalized spacial score (nSPS) is 27.2. The number of fused-ring (bicyclic) bond motifs is 2. The predicted molar refractivity (Wildman–Crippen MR) is 104 cm³/mol. The maximum atomic E-state index is 6.24. The van der Waals surface area contributed by atoms with Gasteiger partial charge in [0, 0.05) is 24.2 Å². The highest BCUT2D eigenvalue weighted by Crippen LogP contribution is 2.42. The monoisotopic (exact) mass is 375 g/mol. The Kier molecular flexibility index (Phi) is 4.95. The number of benzene rings is 2. The van der Waals surface area contributed by atoms with Crippen molar-refractivity contribution in [2.45, 2.75) is 56.8 Å². The molecular formula is C21H23Cl2NO. The van der Waals surface area contributed by atoms with E-state index in [1.165, 1.54) is 18.4 Å². The lowest BCUT2D eigenvalue weighted by Crippen LogP contribution is -2.47. The minimum Gasteiger partial charge on any atom is -0.490 e. The molecule has 2 nitrogen and oxygen atoms in total. The fourth-order valence-corrected chi connectivity index (χ4v) is 4.83. The van der Waals surface area contributed by atoms with Crippen molar-refractivity contribution in [3.63, 3.8) is 0 Å². The Bertz CT molecular complexity index is 722. The number of hydrogen-bond acceptors (Lipinski definition) is 2. The van der Waals surface area contributed by atoms with Crippen LogP contribution in [0.3, 0.4) is 0 Å². The Morgan fingerprint density at radius 3 is 2.28 bits per heavy atom. The van der Waals surface area contributed by atoms with Crippen molar-refractivity contribution in [1.82, 2.24) is 4.90 Å². The fourth-order valence-electron chi connectivity index (χ4n) is 4.54. The topological polar surface area (TPSA) is 12.5 Å². The summed E-state index contributed by atoms with van der Waals surface area (Å²) in [6, 6.07) is 18.0. The van der Waals surface area contributed by atoms with Crippen LogP contribution in [0.25, 0.3) is 0 Å². The van der Waals surface area contributed by atoms with E-state index in [1.807, 2.05) is 12.1 Å². The molecule has 2 aliphatic rings. The van der Waals surface area contributed by atoms with Crippen LogP contribution in [0.1, 0.15) is 44.2 Å². The largest absolute Gasteiger partial charge is 0.490 e. The van der Waals surface area contributed by atoms with E-state index in [2.05, 4.69) is 42.2 Å². The van der Waals surface area contributed by atoms with Crippen molar-refractivity contribution in [2.24, 2.45) is 0 Å². The molecule has 0 saturated carbocycles. The number of nitrogens with zero attached hydrogens (tertiary/aromatic N) is 1. The van der Waals surface area contributed by atoms with E-state index >= 15 is 0 Å². The Balaban J connectivity index is 1.45. The van der Waals surface area contributed by atoms with Crippen LogP contribution in [0, 0.1) is 0 Å². The Morgan fingerprint density at radius 2 is 1.64 bits per heavy atom. The summed E-state index contributed by atoms with van der Waals surface area (Å²) in [5.41, 5.74) is 1.41. The SMILES string of the molecule is CC(c1ccccc1)N1C2CCC1CC(Oc1ccc(Cl)c(Cl)c1)C2. The van der Waals surface area contributed by atoms with Crippen molar-refractivity contribution in [1.29, 1.82) is 0 Å². The van der Waals surface area contributed by atoms with Crippen molar-refractivity contribution in [3.05, 3.63) is 64.1 Å². The van der Waals surface area contributed by atoms with Crippen LogP contribution in [0.2, 0.25) is 10.0 Å². The van der Waals surface area contributed by atoms with Gasteiger partial charge in [-0.2, -0.15) is 0 Å². The zero-order valence-electron chi connectivity index (χ0n) is 14.4. The van der Waals surface area contributed by atoms with E-state index in [1.54, 1.807) is 6.07 Å². The lowest BCUT2D eigenvalue weighted by atomic mass is 9.95. The van der Waals surface area contributed by atoms with Crippen molar-refractivity contribution in [3.8, 4) is 5.75 Å². The van der Waals surface area contributed by atoms with Crippen molar-refractivity contribution in [2.75, 3.05) is 0 Å². The molecule has 2 fully saturated rings. The van der Waals surface area contributed by atoms with Gasteiger partial charge in [0.1, 0.15) is 11.9 Å². The van der Waals surface area contributed by atoms with Crippen LogP contribution >= 0.6 is 23.2 Å². The average Bonchev–Trinajstić information content (AvgIpc) is 2.89. The van der Waals surface area contributed by atoms with E-state index in [0.717, 1.165) is 18.6 Å². The van der Waals surface area contributed by atoms with E-state index in [-0.39, 0.29) is 6.10 Å². The zero-order chi connectivity index (χ0) is 17.4. The summed E-state index contributed by atoms with van der Waals surface area (Å²) in [6.07, 6.45) is 4.95. The molecule has 0 aromatic heterocycles. The first-order valence-electron chi connectivity index (χ1n) is 9.06. The Labute approximate surface area is 159 Å². The molecule has 2 aliphatic heterocycles. The van der Waals surface area contributed by atoms with E-state index < -0.39 is 0 Å². The standard InChI is InChI=1S/C21H23Cl2NO/c1-14(15-5-3-2-4-6-15)24-16-7-8-17(24)12-19(11-16)25-18-9-10-20(22)21(23)13-18/h2-6,9-10,13-14,16-17,19H,7-8,11-12H2,1H3. The minimum atomic E-state index is 0.258. The Morgan fingerprint density at radius 1 is 0.960 bits per heavy atom. The molecule has 2 heterocycles. The maximum absolute atomic E-state index is 6.24. The molecule has 3 atom stereocenters. The van der Waals surface area contributed by atoms with E-state index in [9.17, 15) is 0 Å². The molecule has 0 aliphatic carbocycles. The second kappa shape index (κ2) is 7.19. The summed E-state index contributed by atoms with van der Waals surface area (Å²) in [7, 11) is 0. The molecule has 2 bridgehead atoms. The second-order valence-electron chi connectivity index (χ2n) is 7.21. The van der Waals surface area contributed by atoms with Gasteiger partial charge in [-0.25, -0.2) is 0 Å². The molecule has 132 valence electrons. The molecule has 0 radical (unpaired) electrons. The predicted octanol–water partition coefficient (Wildman–Crippen LogP) is 6.13. The Hall–Kier alpha value is -1.22. The first-order valence-corrected chi connectivity index (χ1v) is 9.81. The zero-order valence-corrected chi connectivity index (χ0v) is 15.9. The number of piperidine rings is 1. The summed E-state index contributed by atoms with van der Waals surface area (Å²) in [5.74, 6) is 0.823. The van der Waals surface area contributed by atoms with Gasteiger partial charge >= 0.3 is 0 Å². The molecule has 0 N–H and O–H groups in total. The average molecular weight is 376 g/mol. The number of rotatable bonds is 4. The van der Waals surface area contributed by atoms with Gasteiger partial charge in [-0.05, 0) is 50.3 Å². The minimum absolute atomic E-state index is 0.258. The van der Waals surface area contributed by atoms with Gasteiger partial charge in [0.05, 0.1) is 10.0 Å². The third-order valence-electron chi connectivity index (χ3n) is 5.67. The molecule has 0 amide bonds. The van der Waals surface area contributed by atoms with E-state index in [4.69, 9.17) is 27.9 Å². The third kappa shape index (κ3) is 3.53. The van der Waals surface area contributed by atoms with Gasteiger partial charge in [0.15, 0.2) is 0 Å². The first kappa shape index (κ1) is 17.2. The highest BCUT2D eigenvalue weighted by atomic mass is 35.5. The molecule has 0 spiro atoms. The van der Waals surface area contributed by atoms with Crippen LogP contribution in [0.5, 0.6) is 5.75 Å². The molecule has 2 aromatic rings. The summed E-state index contributed by atoms with van der Waals surface area (Å²) in [6.45, 7) is 2.33. The van der Waals surface area contributed by atoms with Crippen LogP contribution in [0.15, 0.2) is 48.5 Å². The second-order valence-corrected chi connectivity index (χ2v) is 8.02. The van der Waals surface area contributed by atoms with Crippen LogP contribution in [0.4, 0.5) is 0 Å². The molecule has 3 unspecified atom stereocenters. The smallest absolute Gasteiger partial charge is 0.121 e. The number of ether oxygens (including phenoxy) is 1. The van der Waals surface area contributed by atoms with Gasteiger partial charge in [-0.15, -0.1) is 0 Å². The number of hydrogen-bond donors (Lipinski definition) is 0. The summed E-state index contributed by atoms with van der Waals surface area (Å²) in [5, 5.41) is 1.12. The lowest BCUT2D eigenvalue weighted by molar-refractivity contribution is 0.0255. The third-order valence-corrected chi connectivity index (χ3v) is 6.41. The maximum Gasteiger partial charge on any atom is 0.121 e. The lowest BCUT2D eigenvalue weighted by Gasteiger charge is -2.42. The van der Waals surface area contributed by atoms with Crippen LogP contribution in [-0.2, 0) is 0 Å².